The molecule has 0 aromatic carbocycles. The first-order chi connectivity index (χ1) is 41.2. The fourth-order valence-corrected chi connectivity index (χ4v) is 11.8. The predicted octanol–water partition coefficient (Wildman–Crippen LogP) is 18.8. The van der Waals surface area contributed by atoms with Crippen molar-refractivity contribution in [2.24, 2.45) is 0 Å². The van der Waals surface area contributed by atoms with Gasteiger partial charge in [-0.3, -0.25) is 9.59 Å². The molecule has 496 valence electrons. The van der Waals surface area contributed by atoms with E-state index in [-0.39, 0.29) is 18.5 Å². The fourth-order valence-electron chi connectivity index (χ4n) is 11.8. The molecule has 0 aromatic rings. The molecule has 11 heteroatoms. The highest BCUT2D eigenvalue weighted by Crippen LogP contribution is 2.24. The van der Waals surface area contributed by atoms with E-state index in [1.54, 1.807) is 6.08 Å². The molecule has 1 saturated heterocycles. The lowest BCUT2D eigenvalue weighted by atomic mass is 9.99. The molecule has 7 atom stereocenters. The van der Waals surface area contributed by atoms with Gasteiger partial charge >= 0.3 is 5.97 Å². The molecule has 1 rings (SSSR count). The van der Waals surface area contributed by atoms with Crippen molar-refractivity contribution < 1.29 is 49.3 Å². The molecule has 1 aliphatic rings. The maximum absolute atomic E-state index is 13.0. The van der Waals surface area contributed by atoms with Gasteiger partial charge in [-0.15, -0.1) is 0 Å². The number of amides is 1. The van der Waals surface area contributed by atoms with Crippen LogP contribution in [0, 0.1) is 0 Å². The third-order valence-corrected chi connectivity index (χ3v) is 17.6. The fraction of sp³-hybridized carbons (Fsp3) is 0.918. The van der Waals surface area contributed by atoms with E-state index in [9.17, 15) is 35.1 Å². The Morgan fingerprint density at radius 2 is 0.762 bits per heavy atom. The third-order valence-electron chi connectivity index (χ3n) is 17.6. The molecule has 84 heavy (non-hydrogen) atoms. The van der Waals surface area contributed by atoms with Crippen LogP contribution in [0.4, 0.5) is 0 Å². The van der Waals surface area contributed by atoms with Crippen molar-refractivity contribution in [1.29, 1.82) is 0 Å². The summed E-state index contributed by atoms with van der Waals surface area (Å²) < 4.78 is 16.7. The zero-order chi connectivity index (χ0) is 60.9. The van der Waals surface area contributed by atoms with Gasteiger partial charge in [-0.05, 0) is 57.8 Å². The molecule has 1 aliphatic heterocycles. The minimum Gasteiger partial charge on any atom is -0.466 e. The summed E-state index contributed by atoms with van der Waals surface area (Å²) in [5, 5.41) is 54.3. The van der Waals surface area contributed by atoms with Gasteiger partial charge in [0.1, 0.15) is 24.4 Å². The Bertz CT molecular complexity index is 1440. The van der Waals surface area contributed by atoms with Gasteiger partial charge in [0.05, 0.1) is 32.0 Å². The number of esters is 1. The van der Waals surface area contributed by atoms with Crippen molar-refractivity contribution in [3.05, 3.63) is 24.3 Å². The van der Waals surface area contributed by atoms with Crippen molar-refractivity contribution in [3.63, 3.8) is 0 Å². The first kappa shape index (κ1) is 80.2. The van der Waals surface area contributed by atoms with Crippen LogP contribution in [0.5, 0.6) is 0 Å². The lowest BCUT2D eigenvalue weighted by Gasteiger charge is -2.40. The van der Waals surface area contributed by atoms with Gasteiger partial charge in [-0.25, -0.2) is 0 Å². The van der Waals surface area contributed by atoms with Crippen LogP contribution in [-0.2, 0) is 23.8 Å². The van der Waals surface area contributed by atoms with Crippen molar-refractivity contribution in [3.8, 4) is 0 Å². The molecule has 0 aromatic heterocycles. The number of ether oxygens (including phenoxy) is 3. The predicted molar refractivity (Wildman–Crippen MR) is 352 cm³/mol. The first-order valence-electron chi connectivity index (χ1n) is 36.6. The normalized spacial score (nSPS) is 18.1. The molecule has 7 unspecified atom stereocenters. The van der Waals surface area contributed by atoms with E-state index in [1.807, 2.05) is 6.08 Å². The van der Waals surface area contributed by atoms with Crippen LogP contribution >= 0.6 is 0 Å². The number of carbonyl (C=O) groups is 2. The number of nitrogens with one attached hydrogen (secondary N) is 1. The molecule has 0 aliphatic carbocycles. The van der Waals surface area contributed by atoms with Crippen LogP contribution in [-0.4, -0.2) is 100 Å². The number of carbonyl (C=O) groups excluding carboxylic acids is 2. The number of unbranched alkanes of at least 4 members (excludes halogenated alkanes) is 49. The summed E-state index contributed by atoms with van der Waals surface area (Å²) in [5.74, 6) is -0.171. The lowest BCUT2D eigenvalue weighted by molar-refractivity contribution is -0.302. The van der Waals surface area contributed by atoms with Crippen molar-refractivity contribution >= 4 is 11.9 Å². The second-order valence-electron chi connectivity index (χ2n) is 25.7. The van der Waals surface area contributed by atoms with Crippen LogP contribution in [0.15, 0.2) is 24.3 Å². The van der Waals surface area contributed by atoms with E-state index >= 15 is 0 Å². The average molecular weight is 1190 g/mol. The van der Waals surface area contributed by atoms with Gasteiger partial charge in [0.25, 0.3) is 0 Å². The summed E-state index contributed by atoms with van der Waals surface area (Å²) >= 11 is 0. The highest BCUT2D eigenvalue weighted by Gasteiger charge is 2.44. The number of aliphatic hydroxyl groups excluding tert-OH is 5. The summed E-state index contributed by atoms with van der Waals surface area (Å²) in [6.45, 7) is 4.35. The van der Waals surface area contributed by atoms with E-state index < -0.39 is 49.5 Å². The third kappa shape index (κ3) is 51.1. The topological polar surface area (TPSA) is 175 Å². The van der Waals surface area contributed by atoms with Crippen LogP contribution in [0.25, 0.3) is 0 Å². The number of aliphatic hydroxyl groups is 5. The van der Waals surface area contributed by atoms with Gasteiger partial charge in [0.15, 0.2) is 6.29 Å². The van der Waals surface area contributed by atoms with E-state index in [1.165, 1.54) is 283 Å². The number of rotatable bonds is 65. The highest BCUT2D eigenvalue weighted by atomic mass is 16.7. The largest absolute Gasteiger partial charge is 0.466 e. The molecule has 0 saturated carbocycles. The number of hydrogen-bond donors (Lipinski definition) is 6. The molecule has 0 spiro atoms. The molecule has 11 nitrogen and oxygen atoms in total. The minimum atomic E-state index is -1.57. The Morgan fingerprint density at radius 1 is 0.429 bits per heavy atom. The summed E-state index contributed by atoms with van der Waals surface area (Å²) in [7, 11) is 0. The van der Waals surface area contributed by atoms with Gasteiger partial charge in [0.2, 0.25) is 5.91 Å². The van der Waals surface area contributed by atoms with E-state index in [2.05, 4.69) is 31.3 Å². The molecule has 1 heterocycles. The number of allylic oxidation sites excluding steroid dienone is 3. The summed E-state index contributed by atoms with van der Waals surface area (Å²) in [4.78, 5) is 25.1. The maximum Gasteiger partial charge on any atom is 0.305 e. The Kier molecular flexibility index (Phi) is 59.9. The van der Waals surface area contributed by atoms with Gasteiger partial charge < -0.3 is 45.1 Å². The van der Waals surface area contributed by atoms with Gasteiger partial charge in [0, 0.05) is 12.8 Å². The van der Waals surface area contributed by atoms with E-state index in [4.69, 9.17) is 14.2 Å². The zero-order valence-corrected chi connectivity index (χ0v) is 55.1. The average Bonchev–Trinajstić information content (AvgIpc) is 3.58. The second-order valence-corrected chi connectivity index (χ2v) is 25.7. The minimum absolute atomic E-state index is 0.00622. The lowest BCUT2D eigenvalue weighted by Crippen LogP contribution is -2.60. The summed E-state index contributed by atoms with van der Waals surface area (Å²) in [5.41, 5.74) is 0. The van der Waals surface area contributed by atoms with Crippen molar-refractivity contribution in [1.82, 2.24) is 5.32 Å². The smallest absolute Gasteiger partial charge is 0.305 e. The Labute approximate surface area is 518 Å². The highest BCUT2D eigenvalue weighted by molar-refractivity contribution is 5.76. The van der Waals surface area contributed by atoms with E-state index in [0.717, 1.165) is 57.8 Å². The molecular formula is C73H139NO10. The molecule has 0 radical (unpaired) electrons. The molecule has 1 fully saturated rings. The molecule has 0 bridgehead atoms. The van der Waals surface area contributed by atoms with E-state index in [0.29, 0.717) is 19.4 Å². The van der Waals surface area contributed by atoms with Crippen LogP contribution in [0.1, 0.15) is 367 Å². The quantitative estimate of drug-likeness (QED) is 0.0195. The van der Waals surface area contributed by atoms with Gasteiger partial charge in [-0.2, -0.15) is 0 Å². The molecule has 6 N–H and O–H groups in total. The number of hydrogen-bond acceptors (Lipinski definition) is 10. The first-order valence-corrected chi connectivity index (χ1v) is 36.6. The summed E-state index contributed by atoms with van der Waals surface area (Å²) in [6, 6.07) is -0.804. The van der Waals surface area contributed by atoms with Crippen LogP contribution in [0.3, 0.4) is 0 Å². The Morgan fingerprint density at radius 3 is 1.14 bits per heavy atom. The maximum atomic E-state index is 13.0. The molecular weight excluding hydrogens is 1050 g/mol. The van der Waals surface area contributed by atoms with Crippen molar-refractivity contribution in [2.45, 2.75) is 410 Å². The standard InChI is InChI=1S/C73H139NO10/c1-3-5-7-9-11-13-14-15-34-38-41-45-49-53-57-61-69(78)82-62-58-54-50-46-42-39-36-33-31-29-27-25-23-21-19-17-16-18-20-22-24-26-28-30-32-35-37-40-44-48-52-56-60-68(77)74-65(66(76)59-55-51-47-43-12-10-8-6-4-2)64-83-73-72(81)71(80)70(79)67(63-75)84-73/h15,34,55,59,65-67,70-73,75-76,79-81H,3-14,16-33,35-54,56-58,60-64H2,1-2H3,(H,74,77)/b34-15-,59-55+. The van der Waals surface area contributed by atoms with Crippen LogP contribution in [0.2, 0.25) is 0 Å². The monoisotopic (exact) mass is 1190 g/mol. The Hall–Kier alpha value is -1.86. The van der Waals surface area contributed by atoms with Gasteiger partial charge in [-0.1, -0.05) is 321 Å². The Balaban J connectivity index is 1.88. The second kappa shape index (κ2) is 62.7. The summed E-state index contributed by atoms with van der Waals surface area (Å²) in [6.07, 6.45) is 69.2. The van der Waals surface area contributed by atoms with Crippen LogP contribution < -0.4 is 5.32 Å². The zero-order valence-electron chi connectivity index (χ0n) is 55.1. The molecule has 1 amide bonds. The SMILES string of the molecule is CCCCCCCC/C=C\CCCCCCCC(=O)OCCCCCCCCCCCCCCCCCCCCCCCCCCCCCCCCCCC(=O)NC(COC1OC(CO)C(O)C(O)C1O)C(O)/C=C/CCCCCCCCC. The van der Waals surface area contributed by atoms with Crippen molar-refractivity contribution in [2.75, 3.05) is 19.8 Å².